The van der Waals surface area contributed by atoms with Crippen LogP contribution in [0.3, 0.4) is 0 Å². The standard InChI is InChI=1S/C11H24O5Si/c1-5-7-11(15-9-10-8-14-10)17(12-3,13-4)16-6-2/h10-11H,5-9H2,1-4H3. The molecule has 102 valence electrons. The maximum atomic E-state index is 5.87. The van der Waals surface area contributed by atoms with E-state index in [2.05, 4.69) is 6.92 Å². The summed E-state index contributed by atoms with van der Waals surface area (Å²) in [6.45, 7) is 6.01. The van der Waals surface area contributed by atoms with Crippen LogP contribution >= 0.6 is 0 Å². The molecule has 0 aromatic heterocycles. The Kier molecular flexibility index (Phi) is 6.61. The van der Waals surface area contributed by atoms with Crippen molar-refractivity contribution in [1.82, 2.24) is 0 Å². The Labute approximate surface area is 105 Å². The van der Waals surface area contributed by atoms with Gasteiger partial charge in [0.1, 0.15) is 11.8 Å². The molecule has 1 aliphatic heterocycles. The first-order valence-corrected chi connectivity index (χ1v) is 8.00. The second-order valence-electron chi connectivity index (χ2n) is 4.01. The van der Waals surface area contributed by atoms with Crippen LogP contribution in [-0.2, 0) is 22.8 Å². The van der Waals surface area contributed by atoms with E-state index in [-0.39, 0.29) is 11.8 Å². The lowest BCUT2D eigenvalue weighted by molar-refractivity contribution is -0.00267. The quantitative estimate of drug-likeness (QED) is 0.441. The minimum Gasteiger partial charge on any atom is -0.375 e. The Morgan fingerprint density at radius 1 is 1.29 bits per heavy atom. The molecule has 0 aromatic rings. The van der Waals surface area contributed by atoms with Gasteiger partial charge in [-0.1, -0.05) is 13.3 Å². The molecule has 0 amide bonds. The third-order valence-corrected chi connectivity index (χ3v) is 5.82. The Balaban J connectivity index is 2.59. The van der Waals surface area contributed by atoms with Crippen molar-refractivity contribution in [3.63, 3.8) is 0 Å². The number of ether oxygens (including phenoxy) is 2. The zero-order chi connectivity index (χ0) is 12.7. The molecule has 1 aliphatic rings. The van der Waals surface area contributed by atoms with E-state index in [9.17, 15) is 0 Å². The molecule has 0 aliphatic carbocycles. The van der Waals surface area contributed by atoms with Gasteiger partial charge in [-0.2, -0.15) is 0 Å². The number of hydrogen-bond acceptors (Lipinski definition) is 5. The molecular formula is C11H24O5Si. The van der Waals surface area contributed by atoms with Gasteiger partial charge in [0.15, 0.2) is 0 Å². The molecule has 2 unspecified atom stereocenters. The Hall–Kier alpha value is 0.0169. The Bertz CT molecular complexity index is 206. The summed E-state index contributed by atoms with van der Waals surface area (Å²) in [5, 5.41) is 0. The zero-order valence-electron chi connectivity index (χ0n) is 11.2. The van der Waals surface area contributed by atoms with Gasteiger partial charge in [-0.3, -0.25) is 0 Å². The van der Waals surface area contributed by atoms with Crippen LogP contribution < -0.4 is 0 Å². The number of epoxide rings is 1. The van der Waals surface area contributed by atoms with E-state index in [1.807, 2.05) is 6.92 Å². The Morgan fingerprint density at radius 3 is 2.35 bits per heavy atom. The molecule has 1 fully saturated rings. The lowest BCUT2D eigenvalue weighted by Crippen LogP contribution is -2.56. The van der Waals surface area contributed by atoms with Crippen molar-refractivity contribution in [2.24, 2.45) is 0 Å². The van der Waals surface area contributed by atoms with Crippen molar-refractivity contribution < 1.29 is 22.8 Å². The van der Waals surface area contributed by atoms with E-state index in [1.165, 1.54) is 0 Å². The fourth-order valence-electron chi connectivity index (χ4n) is 1.77. The third-order valence-electron chi connectivity index (χ3n) is 2.75. The van der Waals surface area contributed by atoms with Gasteiger partial charge in [-0.25, -0.2) is 0 Å². The molecule has 0 radical (unpaired) electrons. The predicted molar refractivity (Wildman–Crippen MR) is 65.8 cm³/mol. The van der Waals surface area contributed by atoms with Crippen molar-refractivity contribution >= 4 is 8.80 Å². The van der Waals surface area contributed by atoms with Crippen LogP contribution in [0, 0.1) is 0 Å². The van der Waals surface area contributed by atoms with Crippen molar-refractivity contribution in [1.29, 1.82) is 0 Å². The van der Waals surface area contributed by atoms with Crippen molar-refractivity contribution in [2.75, 3.05) is 34.0 Å². The van der Waals surface area contributed by atoms with Crippen LogP contribution in [0.5, 0.6) is 0 Å². The van der Waals surface area contributed by atoms with Crippen LogP contribution in [0.2, 0.25) is 0 Å². The molecule has 1 heterocycles. The summed E-state index contributed by atoms with van der Waals surface area (Å²) in [7, 11) is 0.549. The van der Waals surface area contributed by atoms with Gasteiger partial charge >= 0.3 is 8.80 Å². The summed E-state index contributed by atoms with van der Waals surface area (Å²) in [5.41, 5.74) is -0.105. The van der Waals surface area contributed by atoms with Gasteiger partial charge in [-0.15, -0.1) is 0 Å². The molecule has 5 nitrogen and oxygen atoms in total. The second-order valence-corrected chi connectivity index (χ2v) is 6.97. The van der Waals surface area contributed by atoms with Crippen LogP contribution in [0.25, 0.3) is 0 Å². The van der Waals surface area contributed by atoms with Crippen LogP contribution in [0.15, 0.2) is 0 Å². The average Bonchev–Trinajstić information content (AvgIpc) is 3.16. The maximum absolute atomic E-state index is 5.87. The fraction of sp³-hybridized carbons (Fsp3) is 1.00. The summed E-state index contributed by atoms with van der Waals surface area (Å²) >= 11 is 0. The molecule has 6 heteroatoms. The summed E-state index contributed by atoms with van der Waals surface area (Å²) in [4.78, 5) is 0. The summed E-state index contributed by atoms with van der Waals surface area (Å²) < 4.78 is 27.8. The normalized spacial score (nSPS) is 21.5. The first-order valence-electron chi connectivity index (χ1n) is 6.19. The molecule has 0 spiro atoms. The fourth-order valence-corrected chi connectivity index (χ4v) is 4.23. The highest BCUT2D eigenvalue weighted by atomic mass is 28.4. The molecule has 0 bridgehead atoms. The van der Waals surface area contributed by atoms with Crippen LogP contribution in [-0.4, -0.2) is 54.7 Å². The van der Waals surface area contributed by atoms with E-state index in [1.54, 1.807) is 14.2 Å². The highest BCUT2D eigenvalue weighted by Gasteiger charge is 2.49. The van der Waals surface area contributed by atoms with Crippen molar-refractivity contribution in [3.05, 3.63) is 0 Å². The summed E-state index contributed by atoms with van der Waals surface area (Å²) in [5.74, 6) is 0. The lowest BCUT2D eigenvalue weighted by Gasteiger charge is -2.33. The van der Waals surface area contributed by atoms with E-state index >= 15 is 0 Å². The minimum absolute atomic E-state index is 0.105. The smallest absolute Gasteiger partial charge is 0.375 e. The van der Waals surface area contributed by atoms with E-state index < -0.39 is 8.80 Å². The molecule has 17 heavy (non-hydrogen) atoms. The third kappa shape index (κ3) is 4.31. The van der Waals surface area contributed by atoms with Gasteiger partial charge in [0, 0.05) is 20.8 Å². The van der Waals surface area contributed by atoms with Crippen LogP contribution in [0.1, 0.15) is 26.7 Å². The van der Waals surface area contributed by atoms with Gasteiger partial charge in [0.2, 0.25) is 0 Å². The summed E-state index contributed by atoms with van der Waals surface area (Å²) in [6, 6.07) is 0. The molecule has 2 atom stereocenters. The average molecular weight is 264 g/mol. The second kappa shape index (κ2) is 7.45. The van der Waals surface area contributed by atoms with Gasteiger partial charge in [0.25, 0.3) is 0 Å². The summed E-state index contributed by atoms with van der Waals surface area (Å²) in [6.07, 6.45) is 2.13. The van der Waals surface area contributed by atoms with E-state index in [4.69, 9.17) is 22.8 Å². The van der Waals surface area contributed by atoms with Crippen molar-refractivity contribution in [3.8, 4) is 0 Å². The first kappa shape index (κ1) is 15.1. The van der Waals surface area contributed by atoms with Gasteiger partial charge in [-0.05, 0) is 13.3 Å². The van der Waals surface area contributed by atoms with E-state index in [0.29, 0.717) is 13.2 Å². The SMILES string of the molecule is CCCC(OCC1CO1)[Si](OC)(OC)OCC. The molecule has 1 rings (SSSR count). The maximum Gasteiger partial charge on any atom is 0.530 e. The lowest BCUT2D eigenvalue weighted by atomic mass is 10.3. The highest BCUT2D eigenvalue weighted by Crippen LogP contribution is 2.22. The van der Waals surface area contributed by atoms with Crippen molar-refractivity contribution in [2.45, 2.75) is 38.5 Å². The topological polar surface area (TPSA) is 49.5 Å². The van der Waals surface area contributed by atoms with E-state index in [0.717, 1.165) is 19.4 Å². The molecule has 1 saturated heterocycles. The minimum atomic E-state index is -2.71. The Morgan fingerprint density at radius 2 is 1.94 bits per heavy atom. The molecular weight excluding hydrogens is 240 g/mol. The zero-order valence-corrected chi connectivity index (χ0v) is 12.2. The molecule has 0 saturated carbocycles. The molecule has 0 aromatic carbocycles. The van der Waals surface area contributed by atoms with Gasteiger partial charge < -0.3 is 22.8 Å². The first-order chi connectivity index (χ1) is 8.22. The van der Waals surface area contributed by atoms with Crippen LogP contribution in [0.4, 0.5) is 0 Å². The number of rotatable bonds is 10. The predicted octanol–water partition coefficient (Wildman–Crippen LogP) is 1.38. The highest BCUT2D eigenvalue weighted by molar-refractivity contribution is 6.62. The van der Waals surface area contributed by atoms with Gasteiger partial charge in [0.05, 0.1) is 13.2 Å². The monoisotopic (exact) mass is 264 g/mol. The number of hydrogen-bond donors (Lipinski definition) is 0. The molecule has 0 N–H and O–H groups in total. The largest absolute Gasteiger partial charge is 0.530 e.